The van der Waals surface area contributed by atoms with Crippen LogP contribution in [0.5, 0.6) is 5.75 Å². The molecule has 1 aliphatic rings. The maximum atomic E-state index is 10.5. The van der Waals surface area contributed by atoms with Crippen LogP contribution < -0.4 is 4.74 Å². The number of ether oxygens (including phenoxy) is 1. The summed E-state index contributed by atoms with van der Waals surface area (Å²) in [5, 5.41) is 10.5. The van der Waals surface area contributed by atoms with Crippen molar-refractivity contribution in [2.75, 3.05) is 0 Å². The van der Waals surface area contributed by atoms with Crippen LogP contribution in [0.15, 0.2) is 53.5 Å². The number of para-hydroxylation sites is 2. The van der Waals surface area contributed by atoms with Crippen molar-refractivity contribution in [1.29, 1.82) is 0 Å². The number of aliphatic hydroxyl groups is 1. The lowest BCUT2D eigenvalue weighted by Crippen LogP contribution is -2.43. The fourth-order valence-corrected chi connectivity index (χ4v) is 2.27. The fourth-order valence-electron chi connectivity index (χ4n) is 2.27. The Morgan fingerprint density at radius 3 is 2.53 bits per heavy atom. The van der Waals surface area contributed by atoms with Gasteiger partial charge in [0.15, 0.2) is 0 Å². The number of hydrogen-bond acceptors (Lipinski definition) is 3. The van der Waals surface area contributed by atoms with Gasteiger partial charge in [-0.3, -0.25) is 0 Å². The zero-order chi connectivity index (χ0) is 13.5. The van der Waals surface area contributed by atoms with Gasteiger partial charge in [-0.25, -0.2) is 4.99 Å². The van der Waals surface area contributed by atoms with Gasteiger partial charge in [-0.2, -0.15) is 0 Å². The van der Waals surface area contributed by atoms with E-state index in [1.165, 1.54) is 0 Å². The molecular formula is C16H15NO2. The second-order valence-corrected chi connectivity index (χ2v) is 4.83. The second kappa shape index (κ2) is 4.21. The van der Waals surface area contributed by atoms with Crippen LogP contribution in [0.4, 0.5) is 5.69 Å². The van der Waals surface area contributed by atoms with Gasteiger partial charge >= 0.3 is 0 Å². The highest BCUT2D eigenvalue weighted by Gasteiger charge is 2.36. The Balaban J connectivity index is 2.20. The summed E-state index contributed by atoms with van der Waals surface area (Å²) in [6, 6.07) is 15.3. The molecule has 0 spiro atoms. The van der Waals surface area contributed by atoms with Crippen molar-refractivity contribution >= 4 is 11.4 Å². The molecule has 2 aromatic carbocycles. The normalized spacial score (nSPS) is 21.3. The van der Waals surface area contributed by atoms with E-state index in [0.29, 0.717) is 11.5 Å². The van der Waals surface area contributed by atoms with E-state index in [1.807, 2.05) is 55.5 Å². The molecule has 0 saturated heterocycles. The van der Waals surface area contributed by atoms with E-state index in [-0.39, 0.29) is 0 Å². The topological polar surface area (TPSA) is 41.8 Å². The Morgan fingerprint density at radius 2 is 1.74 bits per heavy atom. The fraction of sp³-hybridized carbons (Fsp3) is 0.188. The molecule has 1 N–H and O–H groups in total. The standard InChI is InChI=1S/C16H15NO2/c1-11-7-3-4-8-12(11)15-16(2,18)19-14-10-6-5-9-13(14)17-15/h3-10,18H,1-2H3. The molecule has 1 unspecified atom stereocenters. The highest BCUT2D eigenvalue weighted by atomic mass is 16.6. The average Bonchev–Trinajstić information content (AvgIpc) is 2.38. The molecule has 0 aromatic heterocycles. The van der Waals surface area contributed by atoms with E-state index in [2.05, 4.69) is 4.99 Å². The maximum absolute atomic E-state index is 10.5. The van der Waals surface area contributed by atoms with Gasteiger partial charge in [0.1, 0.15) is 17.1 Å². The SMILES string of the molecule is Cc1ccccc1C1=Nc2ccccc2OC1(C)O. The van der Waals surface area contributed by atoms with Crippen molar-refractivity contribution in [2.24, 2.45) is 4.99 Å². The first-order valence-electron chi connectivity index (χ1n) is 6.23. The molecule has 0 fully saturated rings. The molecule has 0 saturated carbocycles. The predicted molar refractivity (Wildman–Crippen MR) is 75.1 cm³/mol. The highest BCUT2D eigenvalue weighted by Crippen LogP contribution is 2.36. The van der Waals surface area contributed by atoms with Gasteiger partial charge in [0.25, 0.3) is 0 Å². The minimum absolute atomic E-state index is 0.546. The van der Waals surface area contributed by atoms with E-state index in [0.717, 1.165) is 16.8 Å². The minimum atomic E-state index is -1.42. The van der Waals surface area contributed by atoms with Crippen LogP contribution in [0.1, 0.15) is 18.1 Å². The second-order valence-electron chi connectivity index (χ2n) is 4.83. The van der Waals surface area contributed by atoms with E-state index in [1.54, 1.807) is 6.92 Å². The van der Waals surface area contributed by atoms with Crippen LogP contribution in [0.3, 0.4) is 0 Å². The zero-order valence-corrected chi connectivity index (χ0v) is 10.9. The molecule has 3 rings (SSSR count). The summed E-state index contributed by atoms with van der Waals surface area (Å²) >= 11 is 0. The van der Waals surface area contributed by atoms with Crippen molar-refractivity contribution in [3.63, 3.8) is 0 Å². The highest BCUT2D eigenvalue weighted by molar-refractivity contribution is 6.08. The van der Waals surface area contributed by atoms with E-state index in [9.17, 15) is 5.11 Å². The third-order valence-electron chi connectivity index (χ3n) is 3.25. The Morgan fingerprint density at radius 1 is 1.05 bits per heavy atom. The molecule has 96 valence electrons. The van der Waals surface area contributed by atoms with Crippen LogP contribution in [-0.4, -0.2) is 16.6 Å². The summed E-state index contributed by atoms with van der Waals surface area (Å²) in [6.45, 7) is 3.61. The molecule has 3 nitrogen and oxygen atoms in total. The number of aryl methyl sites for hydroxylation is 1. The Labute approximate surface area is 112 Å². The summed E-state index contributed by atoms with van der Waals surface area (Å²) < 4.78 is 5.67. The lowest BCUT2D eigenvalue weighted by molar-refractivity contribution is -0.0600. The minimum Gasteiger partial charge on any atom is -0.455 e. The molecule has 0 aliphatic carbocycles. The van der Waals surface area contributed by atoms with Gasteiger partial charge in [-0.15, -0.1) is 0 Å². The number of nitrogens with zero attached hydrogens (tertiary/aromatic N) is 1. The number of aliphatic imine (C=N–C) groups is 1. The lowest BCUT2D eigenvalue weighted by atomic mass is 9.97. The third-order valence-corrected chi connectivity index (χ3v) is 3.25. The average molecular weight is 253 g/mol. The van der Waals surface area contributed by atoms with Gasteiger partial charge in [0.05, 0.1) is 0 Å². The van der Waals surface area contributed by atoms with Crippen molar-refractivity contribution in [3.05, 3.63) is 59.7 Å². The van der Waals surface area contributed by atoms with E-state index >= 15 is 0 Å². The monoisotopic (exact) mass is 253 g/mol. The van der Waals surface area contributed by atoms with Gasteiger partial charge in [0, 0.05) is 12.5 Å². The maximum Gasteiger partial charge on any atom is 0.249 e. The first-order valence-corrected chi connectivity index (χ1v) is 6.23. The van der Waals surface area contributed by atoms with Gasteiger partial charge in [-0.05, 0) is 24.6 Å². The summed E-state index contributed by atoms with van der Waals surface area (Å²) in [5.41, 5.74) is 3.25. The first kappa shape index (κ1) is 11.9. The third kappa shape index (κ3) is 2.02. The number of fused-ring (bicyclic) bond motifs is 1. The Hall–Kier alpha value is -2.13. The number of hydrogen-bond donors (Lipinski definition) is 1. The Kier molecular flexibility index (Phi) is 2.64. The quantitative estimate of drug-likeness (QED) is 0.847. The molecule has 1 heterocycles. The van der Waals surface area contributed by atoms with Crippen LogP contribution in [0.2, 0.25) is 0 Å². The van der Waals surface area contributed by atoms with Crippen LogP contribution >= 0.6 is 0 Å². The molecule has 19 heavy (non-hydrogen) atoms. The number of rotatable bonds is 1. The zero-order valence-electron chi connectivity index (χ0n) is 10.9. The largest absolute Gasteiger partial charge is 0.455 e. The van der Waals surface area contributed by atoms with Gasteiger partial charge < -0.3 is 9.84 Å². The molecule has 0 amide bonds. The lowest BCUT2D eigenvalue weighted by Gasteiger charge is -2.31. The van der Waals surface area contributed by atoms with E-state index < -0.39 is 5.79 Å². The van der Waals surface area contributed by atoms with Crippen LogP contribution in [-0.2, 0) is 0 Å². The van der Waals surface area contributed by atoms with Crippen molar-refractivity contribution in [1.82, 2.24) is 0 Å². The molecule has 0 radical (unpaired) electrons. The van der Waals surface area contributed by atoms with Crippen molar-refractivity contribution in [3.8, 4) is 5.75 Å². The van der Waals surface area contributed by atoms with Crippen molar-refractivity contribution < 1.29 is 9.84 Å². The molecule has 1 atom stereocenters. The summed E-state index contributed by atoms with van der Waals surface area (Å²) in [6.07, 6.45) is 0. The molecule has 1 aliphatic heterocycles. The first-order chi connectivity index (χ1) is 9.08. The molecule has 2 aromatic rings. The Bertz CT molecular complexity index is 659. The van der Waals surface area contributed by atoms with Gasteiger partial charge in [0.2, 0.25) is 5.79 Å². The van der Waals surface area contributed by atoms with Crippen LogP contribution in [0, 0.1) is 6.92 Å². The van der Waals surface area contributed by atoms with Crippen molar-refractivity contribution in [2.45, 2.75) is 19.6 Å². The molecule has 3 heteroatoms. The van der Waals surface area contributed by atoms with E-state index in [4.69, 9.17) is 4.74 Å². The summed E-state index contributed by atoms with van der Waals surface area (Å²) in [7, 11) is 0. The number of benzene rings is 2. The molecule has 0 bridgehead atoms. The summed E-state index contributed by atoms with van der Waals surface area (Å²) in [4.78, 5) is 4.57. The van der Waals surface area contributed by atoms with Gasteiger partial charge in [-0.1, -0.05) is 36.4 Å². The van der Waals surface area contributed by atoms with Crippen LogP contribution in [0.25, 0.3) is 0 Å². The molecular weight excluding hydrogens is 238 g/mol. The summed E-state index contributed by atoms with van der Waals surface area (Å²) in [5.74, 6) is -0.815. The smallest absolute Gasteiger partial charge is 0.249 e. The predicted octanol–water partition coefficient (Wildman–Crippen LogP) is 3.22.